The molecule has 14 heteroatoms. The van der Waals surface area contributed by atoms with Crippen LogP contribution >= 0.6 is 0 Å². The Hall–Kier alpha value is -8.75. The van der Waals surface area contributed by atoms with Crippen LogP contribution in [0.2, 0.25) is 0 Å². The van der Waals surface area contributed by atoms with Crippen molar-refractivity contribution in [1.29, 1.82) is 0 Å². The molecule has 6 N–H and O–H groups in total. The Balaban J connectivity index is 1.12. The lowest BCUT2D eigenvalue weighted by molar-refractivity contribution is -0.148. The molecule has 3 aliphatic rings. The number of phenolic OH excluding ortho intramolecular Hbond substituents is 3. The van der Waals surface area contributed by atoms with Crippen LogP contribution in [0.5, 0.6) is 34.5 Å². The molecule has 4 bridgehead atoms. The number of H-pyrrole nitrogens is 1. The van der Waals surface area contributed by atoms with Crippen molar-refractivity contribution in [3.8, 4) is 34.5 Å². The lowest BCUT2D eigenvalue weighted by Gasteiger charge is -2.38. The molecule has 5 aromatic carbocycles. The van der Waals surface area contributed by atoms with E-state index in [0.29, 0.717) is 61.7 Å². The van der Waals surface area contributed by atoms with Gasteiger partial charge in [0.25, 0.3) is 0 Å². The van der Waals surface area contributed by atoms with Crippen molar-refractivity contribution in [3.63, 3.8) is 0 Å². The van der Waals surface area contributed by atoms with E-state index in [4.69, 9.17) is 14.2 Å². The molecular formula is C67H70N4O10. The van der Waals surface area contributed by atoms with Crippen LogP contribution in [-0.4, -0.2) is 73.8 Å². The summed E-state index contributed by atoms with van der Waals surface area (Å²) in [6, 6.07) is 28.4. The maximum Gasteiger partial charge on any atom is 0.302 e. The maximum absolute atomic E-state index is 15.0. The molecule has 2 aliphatic heterocycles. The number of nitrogens with zero attached hydrogens (tertiary/aromatic N) is 2. The number of aromatic hydroxyl groups is 3. The molecule has 5 atom stereocenters. The fourth-order valence-corrected chi connectivity index (χ4v) is 12.0. The number of nitrogens with one attached hydrogen (secondary N) is 2. The molecule has 0 amide bonds. The van der Waals surface area contributed by atoms with E-state index in [1.165, 1.54) is 20.1 Å². The molecule has 1 aliphatic carbocycles. The number of hydrogen-bond acceptors (Lipinski definition) is 12. The first-order chi connectivity index (χ1) is 39.1. The Labute approximate surface area is 472 Å². The summed E-state index contributed by atoms with van der Waals surface area (Å²) < 4.78 is 20.3. The smallest absolute Gasteiger partial charge is 0.302 e. The number of hydrogen-bond donors (Lipinski definition) is 6. The fraction of sp³-hybridized carbons (Fsp3) is 0.299. The molecular weight excluding hydrogens is 1020 g/mol. The summed E-state index contributed by atoms with van der Waals surface area (Å²) in [6.45, 7) is 5.62. The number of Topliss-reactive ketones (excluding diaryl/α,β-unsaturated/α-hetero) is 2. The van der Waals surface area contributed by atoms with E-state index in [-0.39, 0.29) is 83.8 Å². The third kappa shape index (κ3) is 12.7. The topological polar surface area (TPSA) is 196 Å². The van der Waals surface area contributed by atoms with Crippen LogP contribution < -0.4 is 19.7 Å². The van der Waals surface area contributed by atoms with Crippen molar-refractivity contribution in [1.82, 2.24) is 14.9 Å². The number of phenols is 3. The van der Waals surface area contributed by atoms with Crippen LogP contribution in [0.1, 0.15) is 104 Å². The highest BCUT2D eigenvalue weighted by atomic mass is 16.5. The molecule has 7 aromatic rings. The number of aromatic nitrogens is 2. The highest BCUT2D eigenvalue weighted by Gasteiger charge is 2.37. The average Bonchev–Trinajstić information content (AvgIpc) is 4.24. The molecule has 0 saturated carbocycles. The zero-order chi connectivity index (χ0) is 56.8. The third-order valence-corrected chi connectivity index (χ3v) is 16.3. The Bertz CT molecular complexity index is 3590. The summed E-state index contributed by atoms with van der Waals surface area (Å²) in [5.41, 5.74) is 7.46. The number of aromatic amines is 1. The fourth-order valence-electron chi connectivity index (χ4n) is 12.0. The molecule has 10 rings (SSSR count). The maximum atomic E-state index is 15.0. The first-order valence-corrected chi connectivity index (χ1v) is 27.8. The number of ketones is 2. The quantitative estimate of drug-likeness (QED) is 0.0635. The Morgan fingerprint density at radius 2 is 1.64 bits per heavy atom. The van der Waals surface area contributed by atoms with Gasteiger partial charge in [0.1, 0.15) is 40.7 Å². The highest BCUT2D eigenvalue weighted by Crippen LogP contribution is 2.47. The van der Waals surface area contributed by atoms with Crippen LogP contribution in [0, 0.1) is 11.3 Å². The summed E-state index contributed by atoms with van der Waals surface area (Å²) in [5, 5.41) is 49.8. The second-order valence-electron chi connectivity index (χ2n) is 21.9. The van der Waals surface area contributed by atoms with Crippen molar-refractivity contribution < 1.29 is 49.0 Å². The first kappa shape index (κ1) is 55.6. The summed E-state index contributed by atoms with van der Waals surface area (Å²) in [7, 11) is 1.46. The molecule has 418 valence electrons. The average molecular weight is 1090 g/mol. The summed E-state index contributed by atoms with van der Waals surface area (Å²) >= 11 is 0. The van der Waals surface area contributed by atoms with Gasteiger partial charge in [-0.3, -0.25) is 14.4 Å². The zero-order valence-electron chi connectivity index (χ0n) is 46.2. The number of anilines is 1. The molecule has 14 nitrogen and oxygen atoms in total. The zero-order valence-corrected chi connectivity index (χ0v) is 46.2. The molecule has 1 spiro atoms. The van der Waals surface area contributed by atoms with Gasteiger partial charge in [0, 0.05) is 86.8 Å². The summed E-state index contributed by atoms with van der Waals surface area (Å²) in [6.07, 6.45) is 22.9. The summed E-state index contributed by atoms with van der Waals surface area (Å²) in [5.74, 6) is 0.231. The monoisotopic (exact) mass is 1090 g/mol. The van der Waals surface area contributed by atoms with Gasteiger partial charge in [-0.15, -0.1) is 0 Å². The number of carbonyl (C=O) groups is 3. The van der Waals surface area contributed by atoms with Crippen LogP contribution in [0.4, 0.5) is 5.69 Å². The van der Waals surface area contributed by atoms with Gasteiger partial charge in [-0.1, -0.05) is 85.8 Å². The molecule has 0 unspecified atom stereocenters. The van der Waals surface area contributed by atoms with E-state index in [1.807, 2.05) is 77.6 Å². The lowest BCUT2D eigenvalue weighted by atomic mass is 9.66. The SMILES string of the molecule is COc1cc([C@@H]2CC(=O)C[C@H](OC(C)=O)CC[C@@]3(C=CC=C[C@@H]3C)Cc3c[nH]cc3C[C@@H](c3cccc(O)c3)C3=CCNC(=C3)N(CCC(C)=O)c3ccc(CO)c4cn2cc34)cc(O)c1Oc1cc(O)cc(Cc2ccccc2)c1. The second-order valence-corrected chi connectivity index (χ2v) is 21.9. The van der Waals surface area contributed by atoms with Gasteiger partial charge in [-0.05, 0) is 143 Å². The van der Waals surface area contributed by atoms with Gasteiger partial charge in [0.15, 0.2) is 11.5 Å². The minimum Gasteiger partial charge on any atom is -0.508 e. The van der Waals surface area contributed by atoms with Crippen LogP contribution in [0.25, 0.3) is 10.8 Å². The number of ether oxygens (including phenoxy) is 3. The van der Waals surface area contributed by atoms with Crippen molar-refractivity contribution in [2.24, 2.45) is 11.3 Å². The van der Waals surface area contributed by atoms with E-state index < -0.39 is 23.5 Å². The van der Waals surface area contributed by atoms with E-state index in [9.17, 15) is 30.0 Å². The standard InChI is InChI=1S/C67H70N4O10/c1-42-11-8-9-21-67(42)22-18-56(80-44(3)74)33-55(77)35-62(50-30-63(78)66(64(31-50)79-4)81-57-27-46(26-54(76)34-57)25-45-12-6-5-7-13-45)70-39-59-49(41-72)16-17-61(60(59)40-70)71(24-20-43(2)73)65-32-48(19-23-69-65)58(47-14-10-15-53(75)28-47)29-51-37-68-38-52(51)36-67/h5-17,19,21,26-28,30-32,34,37-40,42,56,58,62,68-69,72,75-76,78H,18,20,22-25,29,33,35-36,41H2,1-4H3/t42-,56+,58-,62-,67-/m0/s1. The number of rotatable bonds is 12. The van der Waals surface area contributed by atoms with Gasteiger partial charge < -0.3 is 54.4 Å². The normalized spacial score (nSPS) is 20.5. The first-order valence-electron chi connectivity index (χ1n) is 27.8. The van der Waals surface area contributed by atoms with Crippen LogP contribution in [0.3, 0.4) is 0 Å². The van der Waals surface area contributed by atoms with Crippen LogP contribution in [-0.2, 0) is 45.0 Å². The van der Waals surface area contributed by atoms with Crippen LogP contribution in [0.15, 0.2) is 170 Å². The molecule has 0 radical (unpaired) electrons. The molecule has 0 fully saturated rings. The van der Waals surface area contributed by atoms with Crippen molar-refractivity contribution in [2.75, 3.05) is 25.1 Å². The predicted molar refractivity (Wildman–Crippen MR) is 313 cm³/mol. The Morgan fingerprint density at radius 3 is 2.41 bits per heavy atom. The number of esters is 1. The van der Waals surface area contributed by atoms with Gasteiger partial charge in [-0.2, -0.15) is 0 Å². The molecule has 2 aromatic heterocycles. The predicted octanol–water partition coefficient (Wildman–Crippen LogP) is 12.1. The van der Waals surface area contributed by atoms with Crippen molar-refractivity contribution in [2.45, 2.75) is 96.8 Å². The second kappa shape index (κ2) is 24.3. The van der Waals surface area contributed by atoms with Gasteiger partial charge in [-0.25, -0.2) is 0 Å². The third-order valence-electron chi connectivity index (χ3n) is 16.3. The molecule has 4 heterocycles. The van der Waals surface area contributed by atoms with E-state index in [2.05, 4.69) is 71.0 Å². The van der Waals surface area contributed by atoms with E-state index in [1.54, 1.807) is 37.3 Å². The molecule has 0 saturated heterocycles. The Morgan fingerprint density at radius 1 is 0.827 bits per heavy atom. The highest BCUT2D eigenvalue weighted by molar-refractivity contribution is 5.97. The van der Waals surface area contributed by atoms with E-state index in [0.717, 1.165) is 50.3 Å². The lowest BCUT2D eigenvalue weighted by Crippen LogP contribution is -2.35. The number of dihydropyridines is 1. The van der Waals surface area contributed by atoms with Crippen molar-refractivity contribution >= 4 is 34.0 Å². The number of benzene rings is 5. The summed E-state index contributed by atoms with van der Waals surface area (Å²) in [4.78, 5) is 46.4. The largest absolute Gasteiger partial charge is 0.508 e. The number of aliphatic hydroxyl groups excluding tert-OH is 1. The van der Waals surface area contributed by atoms with Gasteiger partial charge in [0.2, 0.25) is 5.75 Å². The number of allylic oxidation sites excluding steroid dienone is 6. The van der Waals surface area contributed by atoms with Gasteiger partial charge in [0.05, 0.1) is 25.4 Å². The number of methoxy groups -OCH3 is 1. The minimum absolute atomic E-state index is 0.000364. The van der Waals surface area contributed by atoms with Crippen molar-refractivity contribution in [3.05, 3.63) is 209 Å². The minimum atomic E-state index is -0.802. The van der Waals surface area contributed by atoms with E-state index >= 15 is 4.79 Å². The van der Waals surface area contributed by atoms with Gasteiger partial charge >= 0.3 is 5.97 Å². The molecule has 81 heavy (non-hydrogen) atoms. The Kier molecular flexibility index (Phi) is 16.7. The number of carbonyl (C=O) groups excluding carboxylic acids is 3. The number of aliphatic hydroxyl groups is 1. The number of fused-ring (bicyclic) bond motifs is 3.